The molecule has 0 fully saturated rings. The molecule has 0 aromatic rings. The molecule has 0 saturated carbocycles. The number of hydrogen-bond acceptors (Lipinski definition) is 4. The molecule has 4 heteroatoms. The molecular weight excluding hydrogens is 230 g/mol. The van der Waals surface area contributed by atoms with Crippen molar-refractivity contribution in [3.05, 3.63) is 0 Å². The number of ether oxygens (including phenoxy) is 1. The van der Waals surface area contributed by atoms with Crippen LogP contribution in [0.25, 0.3) is 0 Å². The fraction of sp³-hybridized carbons (Fsp3) is 0.929. The number of esters is 1. The second-order valence-electron chi connectivity index (χ2n) is 4.76. The summed E-state index contributed by atoms with van der Waals surface area (Å²) in [7, 11) is 0. The van der Waals surface area contributed by atoms with Gasteiger partial charge in [0.2, 0.25) is 0 Å². The summed E-state index contributed by atoms with van der Waals surface area (Å²) in [5.74, 6) is -0.507. The van der Waals surface area contributed by atoms with Crippen molar-refractivity contribution in [1.29, 1.82) is 0 Å². The molecule has 0 amide bonds. The summed E-state index contributed by atoms with van der Waals surface area (Å²) in [5.41, 5.74) is 5.60. The van der Waals surface area contributed by atoms with E-state index in [1.807, 2.05) is 0 Å². The molecule has 3 N–H and O–H groups in total. The molecule has 0 radical (unpaired) electrons. The van der Waals surface area contributed by atoms with E-state index in [1.165, 1.54) is 32.1 Å². The predicted octanol–water partition coefficient (Wildman–Crippen LogP) is 2.38. The van der Waals surface area contributed by atoms with Crippen LogP contribution in [-0.2, 0) is 9.53 Å². The van der Waals surface area contributed by atoms with Gasteiger partial charge in [-0.25, -0.2) is 0 Å². The largest absolute Gasteiger partial charge is 0.465 e. The Morgan fingerprint density at radius 3 is 2.22 bits per heavy atom. The summed E-state index contributed by atoms with van der Waals surface area (Å²) in [4.78, 5) is 11.3. The minimum Gasteiger partial charge on any atom is -0.465 e. The molecule has 0 heterocycles. The van der Waals surface area contributed by atoms with Crippen LogP contribution in [0, 0.1) is 0 Å². The lowest BCUT2D eigenvalue weighted by Crippen LogP contribution is -2.43. The van der Waals surface area contributed by atoms with Crippen molar-refractivity contribution in [3.8, 4) is 0 Å². The zero-order chi connectivity index (χ0) is 13.8. The third-order valence-electron chi connectivity index (χ3n) is 3.08. The van der Waals surface area contributed by atoms with Gasteiger partial charge < -0.3 is 15.6 Å². The van der Waals surface area contributed by atoms with Crippen LogP contribution >= 0.6 is 0 Å². The minimum atomic E-state index is -0.898. The summed E-state index contributed by atoms with van der Waals surface area (Å²) in [6.07, 6.45) is 8.12. The molecular formula is C14H29NO3. The summed E-state index contributed by atoms with van der Waals surface area (Å²) in [5, 5.41) is 9.73. The van der Waals surface area contributed by atoms with Gasteiger partial charge in [0, 0.05) is 0 Å². The lowest BCUT2D eigenvalue weighted by atomic mass is 10.0. The maximum Gasteiger partial charge on any atom is 0.325 e. The topological polar surface area (TPSA) is 72.5 Å². The van der Waals surface area contributed by atoms with Gasteiger partial charge in [-0.05, 0) is 13.3 Å². The first-order chi connectivity index (χ1) is 8.63. The molecule has 0 aromatic carbocycles. The Kier molecular flexibility index (Phi) is 11.1. The van der Waals surface area contributed by atoms with Crippen molar-refractivity contribution in [3.63, 3.8) is 0 Å². The SMILES string of the molecule is CCCCCCCCCC(O)C(N)C(=O)OCC. The highest BCUT2D eigenvalue weighted by Gasteiger charge is 2.23. The summed E-state index contributed by atoms with van der Waals surface area (Å²) < 4.78 is 4.77. The fourth-order valence-corrected chi connectivity index (χ4v) is 1.89. The molecule has 0 aliphatic rings. The van der Waals surface area contributed by atoms with Gasteiger partial charge in [-0.2, -0.15) is 0 Å². The standard InChI is InChI=1S/C14H29NO3/c1-3-5-6-7-8-9-10-11-12(16)13(15)14(17)18-4-2/h12-13,16H,3-11,15H2,1-2H3. The van der Waals surface area contributed by atoms with Crippen LogP contribution in [-0.4, -0.2) is 29.8 Å². The van der Waals surface area contributed by atoms with E-state index in [2.05, 4.69) is 6.92 Å². The molecule has 2 unspecified atom stereocenters. The molecule has 18 heavy (non-hydrogen) atoms. The Labute approximate surface area is 111 Å². The Bertz CT molecular complexity index is 209. The van der Waals surface area contributed by atoms with E-state index in [9.17, 15) is 9.90 Å². The zero-order valence-corrected chi connectivity index (χ0v) is 11.9. The van der Waals surface area contributed by atoms with Gasteiger partial charge in [-0.1, -0.05) is 51.9 Å². The van der Waals surface area contributed by atoms with Crippen LogP contribution in [0.4, 0.5) is 0 Å². The number of carbonyl (C=O) groups is 1. The fourth-order valence-electron chi connectivity index (χ4n) is 1.89. The van der Waals surface area contributed by atoms with Gasteiger partial charge in [0.25, 0.3) is 0 Å². The number of hydrogen-bond donors (Lipinski definition) is 2. The number of aliphatic hydroxyl groups excluding tert-OH is 1. The summed E-state index contributed by atoms with van der Waals surface area (Å²) in [6, 6.07) is -0.898. The summed E-state index contributed by atoms with van der Waals surface area (Å²) in [6.45, 7) is 4.23. The zero-order valence-electron chi connectivity index (χ0n) is 11.9. The van der Waals surface area contributed by atoms with E-state index in [0.717, 1.165) is 12.8 Å². The van der Waals surface area contributed by atoms with Crippen LogP contribution in [0.1, 0.15) is 65.2 Å². The molecule has 0 aromatic heterocycles. The van der Waals surface area contributed by atoms with Gasteiger partial charge >= 0.3 is 5.97 Å². The molecule has 0 aliphatic carbocycles. The Morgan fingerprint density at radius 1 is 1.11 bits per heavy atom. The normalized spacial score (nSPS) is 14.2. The van der Waals surface area contributed by atoms with Gasteiger partial charge in [0.15, 0.2) is 0 Å². The second-order valence-corrected chi connectivity index (χ2v) is 4.76. The average molecular weight is 259 g/mol. The van der Waals surface area contributed by atoms with Crippen molar-refractivity contribution < 1.29 is 14.6 Å². The van der Waals surface area contributed by atoms with E-state index < -0.39 is 18.1 Å². The van der Waals surface area contributed by atoms with E-state index in [0.29, 0.717) is 13.0 Å². The first-order valence-electron chi connectivity index (χ1n) is 7.23. The molecule has 0 bridgehead atoms. The van der Waals surface area contributed by atoms with Gasteiger partial charge in [-0.3, -0.25) is 4.79 Å². The van der Waals surface area contributed by atoms with Crippen molar-refractivity contribution >= 4 is 5.97 Å². The second kappa shape index (κ2) is 11.5. The van der Waals surface area contributed by atoms with Crippen LogP contribution in [0.3, 0.4) is 0 Å². The maximum absolute atomic E-state index is 11.3. The Morgan fingerprint density at radius 2 is 1.67 bits per heavy atom. The van der Waals surface area contributed by atoms with Gasteiger partial charge in [0.1, 0.15) is 6.04 Å². The highest BCUT2D eigenvalue weighted by molar-refractivity contribution is 5.76. The highest BCUT2D eigenvalue weighted by Crippen LogP contribution is 2.11. The molecule has 108 valence electrons. The first kappa shape index (κ1) is 17.4. The number of nitrogens with two attached hydrogens (primary N) is 1. The highest BCUT2D eigenvalue weighted by atomic mass is 16.5. The molecule has 0 saturated heterocycles. The van der Waals surface area contributed by atoms with Crippen molar-refractivity contribution in [2.24, 2.45) is 5.73 Å². The third kappa shape index (κ3) is 8.48. The van der Waals surface area contributed by atoms with E-state index >= 15 is 0 Å². The Hall–Kier alpha value is -0.610. The smallest absolute Gasteiger partial charge is 0.325 e. The maximum atomic E-state index is 11.3. The summed E-state index contributed by atoms with van der Waals surface area (Å²) >= 11 is 0. The van der Waals surface area contributed by atoms with Crippen LogP contribution < -0.4 is 5.73 Å². The average Bonchev–Trinajstić information content (AvgIpc) is 2.36. The van der Waals surface area contributed by atoms with Crippen LogP contribution in [0.5, 0.6) is 0 Å². The van der Waals surface area contributed by atoms with E-state index in [4.69, 9.17) is 10.5 Å². The predicted molar refractivity (Wildman–Crippen MR) is 73.2 cm³/mol. The monoisotopic (exact) mass is 259 g/mol. The molecule has 4 nitrogen and oxygen atoms in total. The molecule has 0 rings (SSSR count). The minimum absolute atomic E-state index is 0.302. The molecule has 2 atom stereocenters. The first-order valence-corrected chi connectivity index (χ1v) is 7.23. The van der Waals surface area contributed by atoms with Crippen LogP contribution in [0.2, 0.25) is 0 Å². The van der Waals surface area contributed by atoms with Crippen molar-refractivity contribution in [2.45, 2.75) is 77.4 Å². The number of unbranched alkanes of at least 4 members (excludes halogenated alkanes) is 6. The lowest BCUT2D eigenvalue weighted by molar-refractivity contribution is -0.147. The van der Waals surface area contributed by atoms with Crippen molar-refractivity contribution in [2.75, 3.05) is 6.61 Å². The van der Waals surface area contributed by atoms with E-state index in [-0.39, 0.29) is 0 Å². The third-order valence-corrected chi connectivity index (χ3v) is 3.08. The molecule has 0 spiro atoms. The van der Waals surface area contributed by atoms with Gasteiger partial charge in [0.05, 0.1) is 12.7 Å². The molecule has 0 aliphatic heterocycles. The van der Waals surface area contributed by atoms with Crippen molar-refractivity contribution in [1.82, 2.24) is 0 Å². The number of aliphatic hydroxyl groups is 1. The van der Waals surface area contributed by atoms with E-state index in [1.54, 1.807) is 6.92 Å². The number of carbonyl (C=O) groups excluding carboxylic acids is 1. The Balaban J connectivity index is 3.51. The number of rotatable bonds is 11. The lowest BCUT2D eigenvalue weighted by Gasteiger charge is -2.17. The quantitative estimate of drug-likeness (QED) is 0.441. The van der Waals surface area contributed by atoms with Gasteiger partial charge in [-0.15, -0.1) is 0 Å². The van der Waals surface area contributed by atoms with Crippen LogP contribution in [0.15, 0.2) is 0 Å².